The number of benzene rings is 1. The zero-order valence-corrected chi connectivity index (χ0v) is 15.7. The van der Waals surface area contributed by atoms with Gasteiger partial charge in [0.15, 0.2) is 0 Å². The average Bonchev–Trinajstić information content (AvgIpc) is 3.22. The highest BCUT2D eigenvalue weighted by atomic mass is 32.1. The number of hydrogen-bond acceptors (Lipinski definition) is 5. The quantitative estimate of drug-likeness (QED) is 0.829. The van der Waals surface area contributed by atoms with Crippen LogP contribution in [0.2, 0.25) is 0 Å². The Morgan fingerprint density at radius 3 is 2.92 bits per heavy atom. The van der Waals surface area contributed by atoms with Crippen molar-refractivity contribution in [2.24, 2.45) is 0 Å². The fourth-order valence-electron chi connectivity index (χ4n) is 3.73. The van der Waals surface area contributed by atoms with Crippen molar-refractivity contribution in [3.05, 3.63) is 40.4 Å². The van der Waals surface area contributed by atoms with Crippen LogP contribution in [-0.2, 0) is 4.74 Å². The molecule has 3 heterocycles. The van der Waals surface area contributed by atoms with E-state index in [9.17, 15) is 4.79 Å². The molecule has 0 unspecified atom stereocenters. The van der Waals surface area contributed by atoms with Gasteiger partial charge in [-0.15, -0.1) is 11.3 Å². The Bertz CT molecular complexity index is 804. The third-order valence-corrected chi connectivity index (χ3v) is 6.08. The first-order chi connectivity index (χ1) is 12.0. The number of morpholine rings is 1. The summed E-state index contributed by atoms with van der Waals surface area (Å²) in [5.74, 6) is 0.0127. The zero-order valence-electron chi connectivity index (χ0n) is 14.9. The Morgan fingerprint density at radius 1 is 1.32 bits per heavy atom. The lowest BCUT2D eigenvalue weighted by molar-refractivity contribution is -0.0368. The number of thiazole rings is 1. The first-order valence-electron chi connectivity index (χ1n) is 8.67. The molecule has 5 nitrogen and oxygen atoms in total. The van der Waals surface area contributed by atoms with Crippen molar-refractivity contribution >= 4 is 17.2 Å². The van der Waals surface area contributed by atoms with Crippen LogP contribution in [0.25, 0.3) is 10.6 Å². The molecule has 0 aliphatic carbocycles. The summed E-state index contributed by atoms with van der Waals surface area (Å²) in [6.45, 7) is 7.22. The molecule has 0 bridgehead atoms. The normalized spacial score (nSPS) is 23.7. The Kier molecular flexibility index (Phi) is 4.35. The average molecular weight is 357 g/mol. The van der Waals surface area contributed by atoms with Crippen LogP contribution >= 0.6 is 11.3 Å². The second-order valence-electron chi connectivity index (χ2n) is 7.02. The summed E-state index contributed by atoms with van der Waals surface area (Å²) in [6, 6.07) is 6.63. The van der Waals surface area contributed by atoms with Crippen LogP contribution in [0.5, 0.6) is 0 Å². The molecule has 132 valence electrons. The molecule has 2 atom stereocenters. The number of nitrogens with zero attached hydrogens (tertiary/aromatic N) is 3. The van der Waals surface area contributed by atoms with E-state index < -0.39 is 0 Å². The van der Waals surface area contributed by atoms with E-state index in [1.807, 2.05) is 10.3 Å². The lowest BCUT2D eigenvalue weighted by atomic mass is 10.1. The fourth-order valence-corrected chi connectivity index (χ4v) is 4.62. The molecule has 0 radical (unpaired) electrons. The summed E-state index contributed by atoms with van der Waals surface area (Å²) < 4.78 is 5.84. The van der Waals surface area contributed by atoms with Crippen LogP contribution in [0.4, 0.5) is 0 Å². The van der Waals surface area contributed by atoms with Gasteiger partial charge in [0, 0.05) is 30.6 Å². The number of carbonyl (C=O) groups is 1. The van der Waals surface area contributed by atoms with Crippen molar-refractivity contribution < 1.29 is 9.53 Å². The second kappa shape index (κ2) is 6.52. The maximum Gasteiger partial charge on any atom is 0.273 e. The SMILES string of the molecule is Cc1ccc(-c2nc(C(=O)N3C[C@H]4OCCN(C)[C@H]4C3)cs2)c(C)c1. The van der Waals surface area contributed by atoms with E-state index in [2.05, 4.69) is 49.0 Å². The van der Waals surface area contributed by atoms with Crippen LogP contribution in [-0.4, -0.2) is 66.1 Å². The summed E-state index contributed by atoms with van der Waals surface area (Å²) in [4.78, 5) is 21.7. The standard InChI is InChI=1S/C19H23N3O2S/c1-12-4-5-14(13(2)8-12)18-20-15(11-25-18)19(23)22-9-16-17(10-22)24-7-6-21(16)3/h4-5,8,11,16-17H,6-7,9-10H2,1-3H3/t16-,17+/m0/s1. The van der Waals surface area contributed by atoms with Gasteiger partial charge in [-0.2, -0.15) is 0 Å². The summed E-state index contributed by atoms with van der Waals surface area (Å²) in [5, 5.41) is 2.79. The topological polar surface area (TPSA) is 45.7 Å². The van der Waals surface area contributed by atoms with Crippen molar-refractivity contribution in [2.75, 3.05) is 33.3 Å². The van der Waals surface area contributed by atoms with Crippen molar-refractivity contribution in [3.8, 4) is 10.6 Å². The summed E-state index contributed by atoms with van der Waals surface area (Å²) in [7, 11) is 2.11. The van der Waals surface area contributed by atoms with Crippen molar-refractivity contribution in [3.63, 3.8) is 0 Å². The Labute approximate surface area is 152 Å². The van der Waals surface area contributed by atoms with Crippen LogP contribution in [0.15, 0.2) is 23.6 Å². The minimum Gasteiger partial charge on any atom is -0.373 e. The summed E-state index contributed by atoms with van der Waals surface area (Å²) in [6.07, 6.45) is 0.125. The molecule has 2 aromatic rings. The first kappa shape index (κ1) is 16.7. The van der Waals surface area contributed by atoms with Crippen LogP contribution in [0.1, 0.15) is 21.6 Å². The Balaban J connectivity index is 1.53. The number of likely N-dealkylation sites (N-methyl/N-ethyl adjacent to an activating group) is 1. The highest BCUT2D eigenvalue weighted by Gasteiger charge is 2.41. The monoisotopic (exact) mass is 357 g/mol. The van der Waals surface area contributed by atoms with Gasteiger partial charge >= 0.3 is 0 Å². The first-order valence-corrected chi connectivity index (χ1v) is 9.55. The molecule has 6 heteroatoms. The largest absolute Gasteiger partial charge is 0.373 e. The molecule has 0 N–H and O–H groups in total. The molecular weight excluding hydrogens is 334 g/mol. The van der Waals surface area contributed by atoms with Crippen LogP contribution < -0.4 is 0 Å². The maximum atomic E-state index is 12.9. The molecule has 1 amide bonds. The van der Waals surface area contributed by atoms with Gasteiger partial charge in [0.2, 0.25) is 0 Å². The lowest BCUT2D eigenvalue weighted by Crippen LogP contribution is -2.48. The van der Waals surface area contributed by atoms with Gasteiger partial charge in [-0.05, 0) is 26.5 Å². The Morgan fingerprint density at radius 2 is 2.16 bits per heavy atom. The minimum atomic E-state index is 0.0127. The number of fused-ring (bicyclic) bond motifs is 1. The van der Waals surface area contributed by atoms with Crippen LogP contribution in [0, 0.1) is 13.8 Å². The predicted octanol–water partition coefficient (Wildman–Crippen LogP) is 2.58. The molecule has 4 rings (SSSR count). The maximum absolute atomic E-state index is 12.9. The van der Waals surface area contributed by atoms with E-state index in [0.717, 1.165) is 30.3 Å². The van der Waals surface area contributed by atoms with E-state index >= 15 is 0 Å². The molecule has 0 spiro atoms. The van der Waals surface area contributed by atoms with Crippen molar-refractivity contribution in [1.29, 1.82) is 0 Å². The molecule has 2 saturated heterocycles. The van der Waals surface area contributed by atoms with E-state index in [0.29, 0.717) is 18.3 Å². The van der Waals surface area contributed by atoms with Gasteiger partial charge in [-0.3, -0.25) is 9.69 Å². The Hall–Kier alpha value is -1.76. The molecular formula is C19H23N3O2S. The van der Waals surface area contributed by atoms with Gasteiger partial charge in [0.25, 0.3) is 5.91 Å². The molecule has 1 aromatic heterocycles. The van der Waals surface area contributed by atoms with E-state index in [-0.39, 0.29) is 12.0 Å². The number of likely N-dealkylation sites (tertiary alicyclic amines) is 1. The van der Waals surface area contributed by atoms with Crippen molar-refractivity contribution in [1.82, 2.24) is 14.8 Å². The number of ether oxygens (including phenoxy) is 1. The van der Waals surface area contributed by atoms with E-state index in [1.165, 1.54) is 22.5 Å². The lowest BCUT2D eigenvalue weighted by Gasteiger charge is -2.33. The highest BCUT2D eigenvalue weighted by Crippen LogP contribution is 2.29. The molecule has 2 aliphatic rings. The molecule has 2 aliphatic heterocycles. The number of amides is 1. The molecule has 25 heavy (non-hydrogen) atoms. The minimum absolute atomic E-state index is 0.0127. The molecule has 1 aromatic carbocycles. The van der Waals surface area contributed by atoms with Gasteiger partial charge in [0.05, 0.1) is 18.8 Å². The third kappa shape index (κ3) is 3.10. The van der Waals surface area contributed by atoms with Gasteiger partial charge in [0.1, 0.15) is 10.7 Å². The predicted molar refractivity (Wildman–Crippen MR) is 99.1 cm³/mol. The number of hydrogen-bond donors (Lipinski definition) is 0. The number of aromatic nitrogens is 1. The number of carbonyl (C=O) groups excluding carboxylic acids is 1. The second-order valence-corrected chi connectivity index (χ2v) is 7.88. The smallest absolute Gasteiger partial charge is 0.273 e. The van der Waals surface area contributed by atoms with E-state index in [1.54, 1.807) is 0 Å². The summed E-state index contributed by atoms with van der Waals surface area (Å²) >= 11 is 1.54. The fraction of sp³-hybridized carbons (Fsp3) is 0.474. The van der Waals surface area contributed by atoms with E-state index in [4.69, 9.17) is 4.74 Å². The van der Waals surface area contributed by atoms with Crippen molar-refractivity contribution in [2.45, 2.75) is 26.0 Å². The molecule has 2 fully saturated rings. The highest BCUT2D eigenvalue weighted by molar-refractivity contribution is 7.13. The van der Waals surface area contributed by atoms with Gasteiger partial charge in [-0.1, -0.05) is 23.8 Å². The third-order valence-electron chi connectivity index (χ3n) is 5.20. The summed E-state index contributed by atoms with van der Waals surface area (Å²) in [5.41, 5.74) is 4.07. The molecule has 0 saturated carbocycles. The van der Waals surface area contributed by atoms with Crippen LogP contribution in [0.3, 0.4) is 0 Å². The van der Waals surface area contributed by atoms with Gasteiger partial charge in [-0.25, -0.2) is 4.98 Å². The number of rotatable bonds is 2. The zero-order chi connectivity index (χ0) is 17.6. The van der Waals surface area contributed by atoms with Gasteiger partial charge < -0.3 is 9.64 Å². The number of aryl methyl sites for hydroxylation is 2.